The molecule has 0 unspecified atom stereocenters. The van der Waals surface area contributed by atoms with E-state index in [1.54, 1.807) is 0 Å². The molecule has 0 aliphatic carbocycles. The molecule has 3 heteroatoms. The Morgan fingerprint density at radius 3 is 2.39 bits per heavy atom. The van der Waals surface area contributed by atoms with E-state index < -0.39 is 5.66 Å². The molecule has 3 aromatic rings. The van der Waals surface area contributed by atoms with E-state index in [-0.39, 0.29) is 11.3 Å². The summed E-state index contributed by atoms with van der Waals surface area (Å²) in [6.07, 6.45) is 4.86. The summed E-state index contributed by atoms with van der Waals surface area (Å²) in [7, 11) is 0. The Labute approximate surface area is 184 Å². The fraction of sp³-hybridized carbons (Fsp3) is 0.250. The molecule has 0 radical (unpaired) electrons. The van der Waals surface area contributed by atoms with E-state index in [2.05, 4.69) is 110 Å². The minimum Gasteiger partial charge on any atom is -0.344 e. The molecule has 0 spiro atoms. The quantitative estimate of drug-likeness (QED) is 0.604. The van der Waals surface area contributed by atoms with E-state index in [4.69, 9.17) is 0 Å². The Bertz CT molecular complexity index is 1160. The molecule has 0 aromatic heterocycles. The number of benzene rings is 3. The predicted molar refractivity (Wildman–Crippen MR) is 128 cm³/mol. The molecule has 0 saturated carbocycles. The van der Waals surface area contributed by atoms with Crippen molar-refractivity contribution in [2.75, 3.05) is 11.4 Å². The second-order valence-corrected chi connectivity index (χ2v) is 9.18. The molecule has 1 saturated heterocycles. The van der Waals surface area contributed by atoms with Crippen LogP contribution in [-0.2, 0) is 10.2 Å². The second kappa shape index (κ2) is 7.12. The minimum atomic E-state index is -0.573. The number of hydrogen-bond acceptors (Lipinski definition) is 2. The van der Waals surface area contributed by atoms with Gasteiger partial charge in [0.05, 0.1) is 0 Å². The highest BCUT2D eigenvalue weighted by Crippen LogP contribution is 2.52. The van der Waals surface area contributed by atoms with Crippen molar-refractivity contribution in [3.63, 3.8) is 0 Å². The van der Waals surface area contributed by atoms with Gasteiger partial charge in [-0.15, -0.1) is 0 Å². The van der Waals surface area contributed by atoms with Crippen LogP contribution in [0, 0.1) is 6.92 Å². The highest BCUT2D eigenvalue weighted by atomic mass is 16.2. The van der Waals surface area contributed by atoms with Crippen molar-refractivity contribution >= 4 is 17.7 Å². The molecular formula is C28H28N2O. The zero-order valence-electron chi connectivity index (χ0n) is 18.4. The summed E-state index contributed by atoms with van der Waals surface area (Å²) in [5.74, 6) is 0.109. The van der Waals surface area contributed by atoms with Crippen LogP contribution in [0.4, 0.5) is 5.69 Å². The first kappa shape index (κ1) is 19.6. The van der Waals surface area contributed by atoms with Crippen molar-refractivity contribution in [3.05, 3.63) is 95.6 Å². The van der Waals surface area contributed by atoms with Gasteiger partial charge in [0.2, 0.25) is 5.91 Å². The lowest BCUT2D eigenvalue weighted by atomic mass is 9.74. The van der Waals surface area contributed by atoms with Crippen LogP contribution in [0.3, 0.4) is 0 Å². The van der Waals surface area contributed by atoms with E-state index >= 15 is 0 Å². The minimum absolute atomic E-state index is 0.109. The molecule has 2 aliphatic rings. The molecule has 31 heavy (non-hydrogen) atoms. The first-order valence-electron chi connectivity index (χ1n) is 11.0. The van der Waals surface area contributed by atoms with Gasteiger partial charge in [0.15, 0.2) is 0 Å². The molecule has 2 heterocycles. The molecule has 1 atom stereocenters. The number of nitrogens with one attached hydrogen (secondary N) is 1. The number of carbonyl (C=O) groups excluding carboxylic acids is 1. The topological polar surface area (TPSA) is 32.3 Å². The van der Waals surface area contributed by atoms with Crippen molar-refractivity contribution in [2.24, 2.45) is 0 Å². The number of rotatable bonds is 3. The van der Waals surface area contributed by atoms with Gasteiger partial charge in [-0.3, -0.25) is 4.79 Å². The normalized spacial score (nSPS) is 21.6. The van der Waals surface area contributed by atoms with E-state index in [1.807, 2.05) is 6.07 Å². The first-order chi connectivity index (χ1) is 14.9. The zero-order valence-corrected chi connectivity index (χ0v) is 18.4. The van der Waals surface area contributed by atoms with Gasteiger partial charge < -0.3 is 10.2 Å². The maximum absolute atomic E-state index is 12.6. The number of nitrogens with zero attached hydrogens (tertiary/aromatic N) is 1. The smallest absolute Gasteiger partial charge is 0.223 e. The maximum Gasteiger partial charge on any atom is 0.223 e. The van der Waals surface area contributed by atoms with Gasteiger partial charge in [0, 0.05) is 24.1 Å². The summed E-state index contributed by atoms with van der Waals surface area (Å²) in [6, 6.07) is 25.6. The highest BCUT2D eigenvalue weighted by molar-refractivity contribution is 5.84. The largest absolute Gasteiger partial charge is 0.344 e. The lowest BCUT2D eigenvalue weighted by Gasteiger charge is -2.49. The van der Waals surface area contributed by atoms with Crippen LogP contribution in [0.1, 0.15) is 37.0 Å². The van der Waals surface area contributed by atoms with Gasteiger partial charge in [-0.1, -0.05) is 92.2 Å². The van der Waals surface area contributed by atoms with Gasteiger partial charge in [-0.2, -0.15) is 0 Å². The molecule has 0 bridgehead atoms. The summed E-state index contributed by atoms with van der Waals surface area (Å²) in [5, 5.41) is 3.36. The van der Waals surface area contributed by atoms with Crippen LogP contribution in [0.2, 0.25) is 0 Å². The van der Waals surface area contributed by atoms with Crippen LogP contribution in [-0.4, -0.2) is 18.1 Å². The Balaban J connectivity index is 1.53. The number of carbonyl (C=O) groups is 1. The molecule has 3 aromatic carbocycles. The first-order valence-corrected chi connectivity index (χ1v) is 11.0. The summed E-state index contributed by atoms with van der Waals surface area (Å²) >= 11 is 0. The van der Waals surface area contributed by atoms with Gasteiger partial charge in [0.1, 0.15) is 5.66 Å². The zero-order chi connectivity index (χ0) is 21.6. The van der Waals surface area contributed by atoms with Crippen molar-refractivity contribution < 1.29 is 4.79 Å². The van der Waals surface area contributed by atoms with Gasteiger partial charge in [-0.05, 0) is 41.3 Å². The predicted octanol–water partition coefficient (Wildman–Crippen LogP) is 5.69. The standard InChI is InChI=1S/C28H28N2O/c1-20-9-14-25-24(19-20)27(2,3)28(29-26(31)16-18-30(25)28)17-15-21-10-12-23(13-11-21)22-7-5-4-6-8-22/h4-15,17,19H,16,18H2,1-3H3,(H,29,31)/t28-/m0/s1. The maximum atomic E-state index is 12.6. The van der Waals surface area contributed by atoms with E-state index in [9.17, 15) is 4.79 Å². The Kier molecular flexibility index (Phi) is 4.51. The summed E-state index contributed by atoms with van der Waals surface area (Å²) < 4.78 is 0. The van der Waals surface area contributed by atoms with Crippen molar-refractivity contribution in [2.45, 2.75) is 38.3 Å². The molecule has 5 rings (SSSR count). The van der Waals surface area contributed by atoms with Crippen LogP contribution in [0.5, 0.6) is 0 Å². The fourth-order valence-electron chi connectivity index (χ4n) is 5.10. The third-order valence-corrected chi connectivity index (χ3v) is 6.92. The number of aryl methyl sites for hydroxylation is 1. The van der Waals surface area contributed by atoms with Crippen LogP contribution in [0.15, 0.2) is 78.9 Å². The van der Waals surface area contributed by atoms with E-state index in [0.29, 0.717) is 6.42 Å². The molecule has 1 amide bonds. The molecular weight excluding hydrogens is 380 g/mol. The summed E-state index contributed by atoms with van der Waals surface area (Å²) in [4.78, 5) is 14.9. The Morgan fingerprint density at radius 2 is 1.65 bits per heavy atom. The molecule has 1 N–H and O–H groups in total. The molecule has 1 fully saturated rings. The molecule has 156 valence electrons. The molecule has 3 nitrogen and oxygen atoms in total. The summed E-state index contributed by atoms with van der Waals surface area (Å²) in [5.41, 5.74) is 6.46. The average Bonchev–Trinajstić information content (AvgIpc) is 2.96. The monoisotopic (exact) mass is 408 g/mol. The summed E-state index contributed by atoms with van der Waals surface area (Å²) in [6.45, 7) is 7.32. The van der Waals surface area contributed by atoms with Crippen LogP contribution < -0.4 is 10.2 Å². The van der Waals surface area contributed by atoms with Crippen molar-refractivity contribution in [3.8, 4) is 11.1 Å². The Morgan fingerprint density at radius 1 is 0.935 bits per heavy atom. The number of hydrogen-bond donors (Lipinski definition) is 1. The average molecular weight is 409 g/mol. The lowest BCUT2D eigenvalue weighted by Crippen LogP contribution is -2.68. The lowest BCUT2D eigenvalue weighted by molar-refractivity contribution is -0.124. The fourth-order valence-corrected chi connectivity index (χ4v) is 5.10. The van der Waals surface area contributed by atoms with Crippen molar-refractivity contribution in [1.29, 1.82) is 0 Å². The highest BCUT2D eigenvalue weighted by Gasteiger charge is 2.57. The van der Waals surface area contributed by atoms with Gasteiger partial charge in [0.25, 0.3) is 0 Å². The van der Waals surface area contributed by atoms with Crippen LogP contribution >= 0.6 is 0 Å². The number of fused-ring (bicyclic) bond motifs is 3. The van der Waals surface area contributed by atoms with Gasteiger partial charge in [-0.25, -0.2) is 0 Å². The van der Waals surface area contributed by atoms with Gasteiger partial charge >= 0.3 is 0 Å². The van der Waals surface area contributed by atoms with E-state index in [1.165, 1.54) is 27.9 Å². The molecule has 2 aliphatic heterocycles. The number of amides is 1. The van der Waals surface area contributed by atoms with Crippen LogP contribution in [0.25, 0.3) is 17.2 Å². The third-order valence-electron chi connectivity index (χ3n) is 6.92. The van der Waals surface area contributed by atoms with E-state index in [0.717, 1.165) is 12.1 Å². The third kappa shape index (κ3) is 3.07. The SMILES string of the molecule is Cc1ccc2c(c1)C(C)(C)[C@@]1(C=Cc3ccc(-c4ccccc4)cc3)NC(=O)CCN21. The Hall–Kier alpha value is -3.33. The number of anilines is 1. The van der Waals surface area contributed by atoms with Crippen molar-refractivity contribution in [1.82, 2.24) is 5.32 Å². The second-order valence-electron chi connectivity index (χ2n) is 9.18.